The van der Waals surface area contributed by atoms with Gasteiger partial charge in [-0.1, -0.05) is 48.0 Å². The Kier molecular flexibility index (Phi) is 6.79. The molecule has 0 atom stereocenters. The number of para-hydroxylation sites is 1. The van der Waals surface area contributed by atoms with Crippen molar-refractivity contribution in [3.05, 3.63) is 90.1 Å². The van der Waals surface area contributed by atoms with Crippen LogP contribution in [0.5, 0.6) is 0 Å². The fraction of sp³-hybridized carbons (Fsp3) is 0.160. The summed E-state index contributed by atoms with van der Waals surface area (Å²) in [5.41, 5.74) is 2.45. The number of carbonyl (C=O) groups is 1. The summed E-state index contributed by atoms with van der Waals surface area (Å²) in [6.07, 6.45) is 2.00. The van der Waals surface area contributed by atoms with Crippen molar-refractivity contribution >= 4 is 36.7 Å². The minimum atomic E-state index is -3.77. The van der Waals surface area contributed by atoms with Gasteiger partial charge in [0, 0.05) is 23.6 Å². The minimum Gasteiger partial charge on any atom is -0.354 e. The topological polar surface area (TPSA) is 128 Å². The normalized spacial score (nSPS) is 12.1. The van der Waals surface area contributed by atoms with Crippen LogP contribution in [0.2, 0.25) is 0 Å². The van der Waals surface area contributed by atoms with Crippen LogP contribution in [0.4, 0.5) is 0 Å². The van der Waals surface area contributed by atoms with E-state index in [0.29, 0.717) is 23.9 Å². The zero-order valence-electron chi connectivity index (χ0n) is 19.0. The van der Waals surface area contributed by atoms with Gasteiger partial charge in [0.25, 0.3) is 0 Å². The molecule has 0 unspecified atom stereocenters. The third-order valence-corrected chi connectivity index (χ3v) is 8.40. The summed E-state index contributed by atoms with van der Waals surface area (Å²) in [7, 11) is -7.52. The maximum Gasteiger partial charge on any atom is 0.239 e. The third-order valence-electron chi connectivity index (χ3n) is 5.67. The highest BCUT2D eigenvalue weighted by molar-refractivity contribution is 7.91. The van der Waals surface area contributed by atoms with E-state index in [4.69, 9.17) is 5.14 Å². The van der Waals surface area contributed by atoms with Crippen molar-refractivity contribution in [3.63, 3.8) is 0 Å². The highest BCUT2D eigenvalue weighted by Gasteiger charge is 2.23. The lowest BCUT2D eigenvalue weighted by atomic mass is 10.1. The number of carbonyl (C=O) groups excluding carboxylic acids is 1. The minimum absolute atomic E-state index is 0.0289. The predicted molar refractivity (Wildman–Crippen MR) is 133 cm³/mol. The zero-order chi connectivity index (χ0) is 25.2. The number of primary sulfonamides is 1. The molecule has 0 aliphatic heterocycles. The van der Waals surface area contributed by atoms with Crippen LogP contribution >= 0.6 is 0 Å². The standard InChI is InChI=1S/C25H25N3O5S2/c1-18-6-10-20(11-7-18)34(30,31)24-16-28(23-5-3-2-4-22(23)24)17-25(29)27-15-14-19-8-12-21(13-9-19)35(26,32)33/h2-13,16H,14-15,17H2,1H3,(H,27,29)(H2,26,32,33). The Hall–Kier alpha value is -3.47. The Balaban J connectivity index is 1.49. The van der Waals surface area contributed by atoms with Crippen LogP contribution in [0.3, 0.4) is 0 Å². The number of nitrogens with one attached hydrogen (secondary N) is 1. The summed E-state index contributed by atoms with van der Waals surface area (Å²) in [4.78, 5) is 13.0. The number of sulfone groups is 1. The van der Waals surface area contributed by atoms with E-state index in [1.54, 1.807) is 65.2 Å². The molecule has 1 amide bonds. The first-order chi connectivity index (χ1) is 16.6. The number of aryl methyl sites for hydroxylation is 1. The highest BCUT2D eigenvalue weighted by Crippen LogP contribution is 2.30. The molecular formula is C25H25N3O5S2. The van der Waals surface area contributed by atoms with Crippen LogP contribution in [0.15, 0.2) is 93.7 Å². The van der Waals surface area contributed by atoms with Gasteiger partial charge in [0.2, 0.25) is 25.8 Å². The first-order valence-electron chi connectivity index (χ1n) is 10.8. The molecular weight excluding hydrogens is 486 g/mol. The second kappa shape index (κ2) is 9.65. The second-order valence-electron chi connectivity index (χ2n) is 8.24. The van der Waals surface area contributed by atoms with E-state index in [1.165, 1.54) is 18.3 Å². The SMILES string of the molecule is Cc1ccc(S(=O)(=O)c2cn(CC(=O)NCCc3ccc(S(N)(=O)=O)cc3)c3ccccc23)cc1. The molecule has 0 saturated carbocycles. The van der Waals surface area contributed by atoms with Crippen LogP contribution in [0.25, 0.3) is 10.9 Å². The monoisotopic (exact) mass is 511 g/mol. The highest BCUT2D eigenvalue weighted by atomic mass is 32.2. The van der Waals surface area contributed by atoms with Crippen molar-refractivity contribution in [3.8, 4) is 0 Å². The molecule has 0 aliphatic carbocycles. The van der Waals surface area contributed by atoms with Crippen LogP contribution < -0.4 is 10.5 Å². The van der Waals surface area contributed by atoms with E-state index >= 15 is 0 Å². The molecule has 8 nitrogen and oxygen atoms in total. The third kappa shape index (κ3) is 5.45. The van der Waals surface area contributed by atoms with Gasteiger partial charge in [0.05, 0.1) is 14.7 Å². The van der Waals surface area contributed by atoms with E-state index < -0.39 is 19.9 Å². The van der Waals surface area contributed by atoms with Gasteiger partial charge in [-0.05, 0) is 49.2 Å². The summed E-state index contributed by atoms with van der Waals surface area (Å²) in [5, 5.41) is 8.48. The zero-order valence-corrected chi connectivity index (χ0v) is 20.6. The summed E-state index contributed by atoms with van der Waals surface area (Å²) >= 11 is 0. The summed E-state index contributed by atoms with van der Waals surface area (Å²) in [5.74, 6) is -0.272. The number of benzene rings is 3. The van der Waals surface area contributed by atoms with Gasteiger partial charge >= 0.3 is 0 Å². The Morgan fingerprint density at radius 2 is 1.51 bits per heavy atom. The number of nitrogens with zero attached hydrogens (tertiary/aromatic N) is 1. The molecule has 3 aromatic carbocycles. The number of fused-ring (bicyclic) bond motifs is 1. The van der Waals surface area contributed by atoms with E-state index in [9.17, 15) is 21.6 Å². The molecule has 0 bridgehead atoms. The second-order valence-corrected chi connectivity index (χ2v) is 11.7. The molecule has 1 heterocycles. The lowest BCUT2D eigenvalue weighted by molar-refractivity contribution is -0.121. The van der Waals surface area contributed by atoms with Gasteiger partial charge in [0.15, 0.2) is 0 Å². The van der Waals surface area contributed by atoms with Crippen molar-refractivity contribution in [1.82, 2.24) is 9.88 Å². The summed E-state index contributed by atoms with van der Waals surface area (Å²) in [6, 6.07) is 19.9. The molecule has 3 N–H and O–H groups in total. The van der Waals surface area contributed by atoms with Crippen molar-refractivity contribution in [2.24, 2.45) is 5.14 Å². The lowest BCUT2D eigenvalue weighted by Crippen LogP contribution is -2.29. The van der Waals surface area contributed by atoms with E-state index in [-0.39, 0.29) is 27.1 Å². The number of nitrogens with two attached hydrogens (primary N) is 1. The molecule has 0 spiro atoms. The average Bonchev–Trinajstić information content (AvgIpc) is 3.18. The number of hydrogen-bond acceptors (Lipinski definition) is 5. The van der Waals surface area contributed by atoms with Crippen LogP contribution in [0.1, 0.15) is 11.1 Å². The molecule has 0 saturated heterocycles. The first-order valence-corrected chi connectivity index (χ1v) is 13.9. The molecule has 4 rings (SSSR count). The van der Waals surface area contributed by atoms with Crippen LogP contribution in [-0.2, 0) is 37.6 Å². The molecule has 4 aromatic rings. The largest absolute Gasteiger partial charge is 0.354 e. The van der Waals surface area contributed by atoms with Crippen LogP contribution in [-0.4, -0.2) is 33.9 Å². The van der Waals surface area contributed by atoms with Gasteiger partial charge < -0.3 is 9.88 Å². The summed E-state index contributed by atoms with van der Waals surface area (Å²) < 4.78 is 51.0. The first kappa shape index (κ1) is 24.6. The maximum absolute atomic E-state index is 13.3. The Morgan fingerprint density at radius 3 is 2.17 bits per heavy atom. The Labute approximate surface area is 204 Å². The number of aromatic nitrogens is 1. The fourth-order valence-electron chi connectivity index (χ4n) is 3.81. The Morgan fingerprint density at radius 1 is 0.886 bits per heavy atom. The van der Waals surface area contributed by atoms with Gasteiger partial charge in [-0.15, -0.1) is 0 Å². The van der Waals surface area contributed by atoms with Crippen LogP contribution in [0, 0.1) is 6.92 Å². The molecule has 0 fully saturated rings. The van der Waals surface area contributed by atoms with Crippen molar-refractivity contribution in [2.75, 3.05) is 6.54 Å². The fourth-order valence-corrected chi connectivity index (χ4v) is 5.80. The summed E-state index contributed by atoms with van der Waals surface area (Å²) in [6.45, 7) is 2.18. The number of rotatable bonds is 8. The molecule has 35 heavy (non-hydrogen) atoms. The smallest absolute Gasteiger partial charge is 0.239 e. The maximum atomic E-state index is 13.3. The van der Waals surface area contributed by atoms with Gasteiger partial charge in [-0.2, -0.15) is 0 Å². The van der Waals surface area contributed by atoms with Gasteiger partial charge in [-0.3, -0.25) is 4.79 Å². The molecule has 0 radical (unpaired) electrons. The molecule has 182 valence electrons. The lowest BCUT2D eigenvalue weighted by Gasteiger charge is -2.08. The van der Waals surface area contributed by atoms with E-state index in [1.807, 2.05) is 6.92 Å². The van der Waals surface area contributed by atoms with Gasteiger partial charge in [-0.25, -0.2) is 22.0 Å². The number of amides is 1. The van der Waals surface area contributed by atoms with Crippen molar-refractivity contribution in [2.45, 2.75) is 34.6 Å². The predicted octanol–water partition coefficient (Wildman–Crippen LogP) is 2.79. The quantitative estimate of drug-likeness (QED) is 0.376. The molecule has 10 heteroatoms. The number of sulfonamides is 1. The van der Waals surface area contributed by atoms with Crippen molar-refractivity contribution < 1.29 is 21.6 Å². The molecule has 0 aliphatic rings. The van der Waals surface area contributed by atoms with E-state index in [0.717, 1.165) is 11.1 Å². The van der Waals surface area contributed by atoms with E-state index in [2.05, 4.69) is 5.32 Å². The Bertz CT molecular complexity index is 1590. The van der Waals surface area contributed by atoms with Gasteiger partial charge in [0.1, 0.15) is 6.54 Å². The average molecular weight is 512 g/mol. The molecule has 1 aromatic heterocycles. The number of hydrogen-bond donors (Lipinski definition) is 2. The van der Waals surface area contributed by atoms with Crippen molar-refractivity contribution in [1.29, 1.82) is 0 Å².